The summed E-state index contributed by atoms with van der Waals surface area (Å²) in [7, 11) is 0. The number of hydrogen-bond acceptors (Lipinski definition) is 7. The average Bonchev–Trinajstić information content (AvgIpc) is 3.50. The molecule has 3 N–H and O–H groups in total. The van der Waals surface area contributed by atoms with Gasteiger partial charge in [0.1, 0.15) is 17.8 Å². The summed E-state index contributed by atoms with van der Waals surface area (Å²) < 4.78 is 1.84. The molecule has 1 saturated heterocycles. The third-order valence-corrected chi connectivity index (χ3v) is 6.81. The molecule has 1 aromatic carbocycles. The van der Waals surface area contributed by atoms with Crippen LogP contribution in [0.2, 0.25) is 0 Å². The highest BCUT2D eigenvalue weighted by Crippen LogP contribution is 2.36. The second kappa shape index (κ2) is 9.06. The molecule has 5 rings (SSSR count). The first-order valence-corrected chi connectivity index (χ1v) is 11.8. The zero-order valence-electron chi connectivity index (χ0n) is 18.3. The van der Waals surface area contributed by atoms with Crippen LogP contribution in [0.5, 0.6) is 0 Å². The Kier molecular flexibility index (Phi) is 5.81. The van der Waals surface area contributed by atoms with Crippen LogP contribution in [-0.4, -0.2) is 49.6 Å². The Labute approximate surface area is 199 Å². The number of nitrogens with two attached hydrogens (primary N) is 1. The highest BCUT2D eigenvalue weighted by Gasteiger charge is 2.28. The zero-order chi connectivity index (χ0) is 23.7. The van der Waals surface area contributed by atoms with Crippen molar-refractivity contribution in [3.05, 3.63) is 66.3 Å². The van der Waals surface area contributed by atoms with Crippen LogP contribution in [0.3, 0.4) is 0 Å². The number of thiophene rings is 1. The molecule has 1 aliphatic heterocycles. The van der Waals surface area contributed by atoms with Gasteiger partial charge in [-0.1, -0.05) is 24.8 Å². The van der Waals surface area contributed by atoms with Crippen LogP contribution in [0.25, 0.3) is 21.6 Å². The third-order valence-electron chi connectivity index (χ3n) is 5.87. The maximum absolute atomic E-state index is 12.7. The molecule has 172 valence electrons. The second-order valence-electron chi connectivity index (χ2n) is 8.05. The van der Waals surface area contributed by atoms with E-state index in [1.165, 1.54) is 23.7 Å². The molecule has 2 amide bonds. The van der Waals surface area contributed by atoms with Crippen molar-refractivity contribution >= 4 is 45.7 Å². The maximum Gasteiger partial charge on any atom is 0.256 e. The number of benzene rings is 1. The number of hydrogen-bond donors (Lipinski definition) is 2. The van der Waals surface area contributed by atoms with Gasteiger partial charge in [-0.2, -0.15) is 5.10 Å². The summed E-state index contributed by atoms with van der Waals surface area (Å²) >= 11 is 1.41. The lowest BCUT2D eigenvalue weighted by Gasteiger charge is -2.32. The summed E-state index contributed by atoms with van der Waals surface area (Å²) in [5.74, 6) is 0.0279. The normalized spacial score (nSPS) is 15.9. The van der Waals surface area contributed by atoms with Gasteiger partial charge < -0.3 is 16.0 Å². The summed E-state index contributed by atoms with van der Waals surface area (Å²) in [4.78, 5) is 36.1. The zero-order valence-corrected chi connectivity index (χ0v) is 19.2. The van der Waals surface area contributed by atoms with E-state index >= 15 is 0 Å². The summed E-state index contributed by atoms with van der Waals surface area (Å²) in [5.41, 5.74) is 8.75. The Morgan fingerprint density at radius 2 is 2.06 bits per heavy atom. The average molecular weight is 474 g/mol. The number of amides is 2. The lowest BCUT2D eigenvalue weighted by atomic mass is 10.1. The Hall–Kier alpha value is -4.05. The molecular formula is C24H23N7O2S. The molecule has 0 aliphatic carbocycles. The van der Waals surface area contributed by atoms with Crippen molar-refractivity contribution in [3.63, 3.8) is 0 Å². The van der Waals surface area contributed by atoms with Crippen LogP contribution >= 0.6 is 11.3 Å². The van der Waals surface area contributed by atoms with Gasteiger partial charge in [0.2, 0.25) is 5.91 Å². The Balaban J connectivity index is 1.50. The first kappa shape index (κ1) is 21.8. The van der Waals surface area contributed by atoms with Crippen molar-refractivity contribution in [1.82, 2.24) is 24.6 Å². The summed E-state index contributed by atoms with van der Waals surface area (Å²) in [6.45, 7) is 4.80. The Morgan fingerprint density at radius 1 is 1.24 bits per heavy atom. The number of aromatic nitrogens is 4. The van der Waals surface area contributed by atoms with Gasteiger partial charge in [-0.15, -0.1) is 11.3 Å². The second-order valence-corrected chi connectivity index (χ2v) is 8.97. The predicted octanol–water partition coefficient (Wildman–Crippen LogP) is 3.74. The van der Waals surface area contributed by atoms with Crippen molar-refractivity contribution in [2.75, 3.05) is 24.1 Å². The number of nitrogens with zero attached hydrogens (tertiary/aromatic N) is 5. The van der Waals surface area contributed by atoms with Gasteiger partial charge in [-0.25, -0.2) is 14.6 Å². The van der Waals surface area contributed by atoms with Gasteiger partial charge in [0.25, 0.3) is 5.91 Å². The molecule has 4 aromatic rings. The van der Waals surface area contributed by atoms with E-state index in [2.05, 4.69) is 21.9 Å². The fourth-order valence-corrected chi connectivity index (χ4v) is 5.09. The van der Waals surface area contributed by atoms with E-state index < -0.39 is 0 Å². The highest BCUT2D eigenvalue weighted by atomic mass is 32.1. The van der Waals surface area contributed by atoms with E-state index in [0.717, 1.165) is 23.4 Å². The van der Waals surface area contributed by atoms with E-state index in [1.807, 2.05) is 35.0 Å². The van der Waals surface area contributed by atoms with Gasteiger partial charge in [-0.05, 0) is 37.1 Å². The standard InChI is InChI=1S/C24H23N7O2S/c1-2-19(32)30-10-6-9-17(12-30)31-23-20(22(25)26-14-27-23)21(29-31)18-11-15(13-34-18)24(33)28-16-7-4-3-5-8-16/h2-5,7-8,11,13-14,17H,1,6,9-10,12H2,(H,28,33)(H2,25,26,27)/t17-/m1/s1. The largest absolute Gasteiger partial charge is 0.383 e. The van der Waals surface area contributed by atoms with Crippen molar-refractivity contribution in [2.24, 2.45) is 0 Å². The topological polar surface area (TPSA) is 119 Å². The van der Waals surface area contributed by atoms with Crippen molar-refractivity contribution < 1.29 is 9.59 Å². The number of likely N-dealkylation sites (tertiary alicyclic amines) is 1. The predicted molar refractivity (Wildman–Crippen MR) is 132 cm³/mol. The lowest BCUT2D eigenvalue weighted by molar-refractivity contribution is -0.127. The van der Waals surface area contributed by atoms with Gasteiger partial charge in [0.05, 0.1) is 21.9 Å². The molecule has 0 radical (unpaired) electrons. The van der Waals surface area contributed by atoms with E-state index in [-0.39, 0.29) is 17.9 Å². The van der Waals surface area contributed by atoms with Gasteiger partial charge >= 0.3 is 0 Å². The number of nitrogens with one attached hydrogen (secondary N) is 1. The van der Waals surface area contributed by atoms with Crippen molar-refractivity contribution in [1.29, 1.82) is 0 Å². The van der Waals surface area contributed by atoms with E-state index in [0.29, 0.717) is 41.2 Å². The first-order valence-electron chi connectivity index (χ1n) is 10.9. The highest BCUT2D eigenvalue weighted by molar-refractivity contribution is 7.14. The number of para-hydroxylation sites is 1. The van der Waals surface area contributed by atoms with Gasteiger partial charge in [0, 0.05) is 24.2 Å². The number of nitrogen functional groups attached to an aromatic ring is 1. The maximum atomic E-state index is 12.7. The van der Waals surface area contributed by atoms with Crippen LogP contribution in [-0.2, 0) is 4.79 Å². The van der Waals surface area contributed by atoms with Gasteiger partial charge in [-0.3, -0.25) is 9.59 Å². The molecule has 3 aromatic heterocycles. The molecule has 9 nitrogen and oxygen atoms in total. The van der Waals surface area contributed by atoms with Crippen molar-refractivity contribution in [3.8, 4) is 10.6 Å². The fraction of sp³-hybridized carbons (Fsp3) is 0.208. The van der Waals surface area contributed by atoms with Crippen LogP contribution in [0.4, 0.5) is 11.5 Å². The number of carbonyl (C=O) groups is 2. The Bertz CT molecular complexity index is 1380. The van der Waals surface area contributed by atoms with E-state index in [1.54, 1.807) is 16.3 Å². The molecule has 0 saturated carbocycles. The molecule has 34 heavy (non-hydrogen) atoms. The number of piperidine rings is 1. The lowest BCUT2D eigenvalue weighted by Crippen LogP contribution is -2.40. The number of carbonyl (C=O) groups excluding carboxylic acids is 2. The number of fused-ring (bicyclic) bond motifs is 1. The molecule has 0 spiro atoms. The van der Waals surface area contributed by atoms with Crippen LogP contribution in [0, 0.1) is 0 Å². The molecule has 0 unspecified atom stereocenters. The summed E-state index contributed by atoms with van der Waals surface area (Å²) in [6, 6.07) is 11.0. The summed E-state index contributed by atoms with van der Waals surface area (Å²) in [6.07, 6.45) is 4.46. The quantitative estimate of drug-likeness (QED) is 0.426. The van der Waals surface area contributed by atoms with Crippen LogP contribution < -0.4 is 11.1 Å². The van der Waals surface area contributed by atoms with E-state index in [4.69, 9.17) is 10.8 Å². The molecular weight excluding hydrogens is 450 g/mol. The smallest absolute Gasteiger partial charge is 0.256 e. The fourth-order valence-electron chi connectivity index (χ4n) is 4.21. The minimum Gasteiger partial charge on any atom is -0.383 e. The number of anilines is 2. The molecule has 1 atom stereocenters. The van der Waals surface area contributed by atoms with Crippen LogP contribution in [0.15, 0.2) is 60.8 Å². The van der Waals surface area contributed by atoms with Crippen LogP contribution in [0.1, 0.15) is 29.2 Å². The van der Waals surface area contributed by atoms with E-state index in [9.17, 15) is 9.59 Å². The molecule has 0 bridgehead atoms. The Morgan fingerprint density at radius 3 is 2.85 bits per heavy atom. The molecule has 10 heteroatoms. The minimum atomic E-state index is -0.201. The first-order chi connectivity index (χ1) is 16.5. The minimum absolute atomic E-state index is 0.0518. The van der Waals surface area contributed by atoms with Crippen molar-refractivity contribution in [2.45, 2.75) is 18.9 Å². The molecule has 1 aliphatic rings. The van der Waals surface area contributed by atoms with Gasteiger partial charge in [0.15, 0.2) is 5.65 Å². The SMILES string of the molecule is C=CC(=O)N1CCC[C@@H](n2nc(-c3cc(C(=O)Nc4ccccc4)cs3)c3c(N)ncnc32)C1. The molecule has 1 fully saturated rings. The number of rotatable bonds is 5. The third kappa shape index (κ3) is 4.03. The molecule has 4 heterocycles. The monoisotopic (exact) mass is 473 g/mol. The summed E-state index contributed by atoms with van der Waals surface area (Å²) in [5, 5.41) is 10.2.